The van der Waals surface area contributed by atoms with Crippen LogP contribution in [0, 0.1) is 6.92 Å². The fourth-order valence-corrected chi connectivity index (χ4v) is 2.81. The van der Waals surface area contributed by atoms with Gasteiger partial charge in [0, 0.05) is 12.0 Å². The first-order valence-corrected chi connectivity index (χ1v) is 6.07. The first kappa shape index (κ1) is 11.5. The average molecular weight is 219 g/mol. The van der Waals surface area contributed by atoms with E-state index in [1.807, 2.05) is 0 Å². The highest BCUT2D eigenvalue weighted by Gasteiger charge is 2.34. The second-order valence-electron chi connectivity index (χ2n) is 4.88. The van der Waals surface area contributed by atoms with Crippen molar-refractivity contribution in [2.24, 2.45) is 5.73 Å². The molecule has 1 aliphatic carbocycles. The van der Waals surface area contributed by atoms with Gasteiger partial charge >= 0.3 is 0 Å². The van der Waals surface area contributed by atoms with Crippen molar-refractivity contribution < 1.29 is 4.74 Å². The van der Waals surface area contributed by atoms with E-state index in [4.69, 9.17) is 10.5 Å². The van der Waals surface area contributed by atoms with Gasteiger partial charge in [0.15, 0.2) is 0 Å². The minimum Gasteiger partial charge on any atom is -0.496 e. The first-order chi connectivity index (χ1) is 7.72. The standard InChI is InChI=1S/C14H21NO/c1-11-5-6-12(9-13(11)16-2)14(10-15)7-3-4-8-14/h5-6,9H,3-4,7-8,10,15H2,1-2H3. The number of ether oxygens (including phenoxy) is 1. The molecule has 1 aromatic rings. The molecular weight excluding hydrogens is 198 g/mol. The van der Waals surface area contributed by atoms with Crippen LogP contribution >= 0.6 is 0 Å². The summed E-state index contributed by atoms with van der Waals surface area (Å²) in [5.41, 5.74) is 8.75. The van der Waals surface area contributed by atoms with Gasteiger partial charge in [-0.15, -0.1) is 0 Å². The Hall–Kier alpha value is -1.02. The first-order valence-electron chi connectivity index (χ1n) is 6.07. The Bertz CT molecular complexity index is 367. The van der Waals surface area contributed by atoms with E-state index in [9.17, 15) is 0 Å². The molecular formula is C14H21NO. The van der Waals surface area contributed by atoms with Crippen LogP contribution in [0.15, 0.2) is 18.2 Å². The van der Waals surface area contributed by atoms with Gasteiger partial charge in [-0.05, 0) is 37.0 Å². The number of rotatable bonds is 3. The average Bonchev–Trinajstić information content (AvgIpc) is 2.79. The van der Waals surface area contributed by atoms with Gasteiger partial charge in [0.05, 0.1) is 7.11 Å². The fraction of sp³-hybridized carbons (Fsp3) is 0.571. The van der Waals surface area contributed by atoms with Crippen LogP contribution in [-0.2, 0) is 5.41 Å². The van der Waals surface area contributed by atoms with E-state index in [1.54, 1.807) is 7.11 Å². The summed E-state index contributed by atoms with van der Waals surface area (Å²) in [5.74, 6) is 0.984. The topological polar surface area (TPSA) is 35.2 Å². The summed E-state index contributed by atoms with van der Waals surface area (Å²) in [6.45, 7) is 2.82. The zero-order chi connectivity index (χ0) is 11.6. The molecule has 1 saturated carbocycles. The van der Waals surface area contributed by atoms with Gasteiger partial charge in [-0.2, -0.15) is 0 Å². The van der Waals surface area contributed by atoms with Crippen molar-refractivity contribution in [1.29, 1.82) is 0 Å². The van der Waals surface area contributed by atoms with E-state index >= 15 is 0 Å². The molecule has 1 aromatic carbocycles. The number of methoxy groups -OCH3 is 1. The van der Waals surface area contributed by atoms with Gasteiger partial charge in [-0.25, -0.2) is 0 Å². The summed E-state index contributed by atoms with van der Waals surface area (Å²) < 4.78 is 5.39. The largest absolute Gasteiger partial charge is 0.496 e. The number of hydrogen-bond donors (Lipinski definition) is 1. The SMILES string of the molecule is COc1cc(C2(CN)CCCC2)ccc1C. The van der Waals surface area contributed by atoms with Gasteiger partial charge < -0.3 is 10.5 Å². The Labute approximate surface area is 97.8 Å². The van der Waals surface area contributed by atoms with Crippen LogP contribution in [0.5, 0.6) is 5.75 Å². The van der Waals surface area contributed by atoms with Crippen molar-refractivity contribution in [3.63, 3.8) is 0 Å². The molecule has 2 rings (SSSR count). The highest BCUT2D eigenvalue weighted by molar-refractivity contribution is 5.40. The Kier molecular flexibility index (Phi) is 3.20. The van der Waals surface area contributed by atoms with Crippen molar-refractivity contribution in [1.82, 2.24) is 0 Å². The summed E-state index contributed by atoms with van der Waals surface area (Å²) in [4.78, 5) is 0. The molecule has 0 saturated heterocycles. The molecule has 1 aliphatic rings. The van der Waals surface area contributed by atoms with Crippen LogP contribution in [0.2, 0.25) is 0 Å². The van der Waals surface area contributed by atoms with E-state index < -0.39 is 0 Å². The Balaban J connectivity index is 2.38. The molecule has 2 nitrogen and oxygen atoms in total. The molecule has 0 unspecified atom stereocenters. The Morgan fingerprint density at radius 2 is 2.00 bits per heavy atom. The molecule has 2 N–H and O–H groups in total. The lowest BCUT2D eigenvalue weighted by atomic mass is 9.78. The molecule has 0 spiro atoms. The number of hydrogen-bond acceptors (Lipinski definition) is 2. The van der Waals surface area contributed by atoms with E-state index in [1.165, 1.54) is 36.8 Å². The summed E-state index contributed by atoms with van der Waals surface area (Å²) >= 11 is 0. The van der Waals surface area contributed by atoms with Crippen molar-refractivity contribution in [2.75, 3.05) is 13.7 Å². The highest BCUT2D eigenvalue weighted by Crippen LogP contribution is 2.41. The highest BCUT2D eigenvalue weighted by atomic mass is 16.5. The Morgan fingerprint density at radius 1 is 1.31 bits per heavy atom. The van der Waals surface area contributed by atoms with Crippen LogP contribution in [0.25, 0.3) is 0 Å². The fourth-order valence-electron chi connectivity index (χ4n) is 2.81. The zero-order valence-corrected chi connectivity index (χ0v) is 10.3. The number of aryl methyl sites for hydroxylation is 1. The van der Waals surface area contributed by atoms with Gasteiger partial charge in [0.2, 0.25) is 0 Å². The molecule has 0 radical (unpaired) electrons. The van der Waals surface area contributed by atoms with Crippen LogP contribution in [0.1, 0.15) is 36.8 Å². The smallest absolute Gasteiger partial charge is 0.122 e. The molecule has 0 aliphatic heterocycles. The van der Waals surface area contributed by atoms with E-state index in [2.05, 4.69) is 25.1 Å². The molecule has 0 bridgehead atoms. The molecule has 0 aromatic heterocycles. The zero-order valence-electron chi connectivity index (χ0n) is 10.3. The molecule has 16 heavy (non-hydrogen) atoms. The molecule has 0 heterocycles. The van der Waals surface area contributed by atoms with Gasteiger partial charge in [0.1, 0.15) is 5.75 Å². The molecule has 2 heteroatoms. The van der Waals surface area contributed by atoms with Crippen LogP contribution < -0.4 is 10.5 Å². The van der Waals surface area contributed by atoms with Crippen LogP contribution in [-0.4, -0.2) is 13.7 Å². The minimum atomic E-state index is 0.209. The quantitative estimate of drug-likeness (QED) is 0.848. The van der Waals surface area contributed by atoms with Gasteiger partial charge in [-0.3, -0.25) is 0 Å². The second-order valence-corrected chi connectivity index (χ2v) is 4.88. The van der Waals surface area contributed by atoms with Crippen LogP contribution in [0.3, 0.4) is 0 Å². The van der Waals surface area contributed by atoms with Crippen LogP contribution in [0.4, 0.5) is 0 Å². The lowest BCUT2D eigenvalue weighted by Gasteiger charge is -2.28. The predicted molar refractivity (Wildman–Crippen MR) is 66.9 cm³/mol. The summed E-state index contributed by atoms with van der Waals surface area (Å²) in [6.07, 6.45) is 5.03. The summed E-state index contributed by atoms with van der Waals surface area (Å²) in [6, 6.07) is 6.54. The molecule has 1 fully saturated rings. The molecule has 0 atom stereocenters. The Morgan fingerprint density at radius 3 is 2.56 bits per heavy atom. The molecule has 88 valence electrons. The van der Waals surface area contributed by atoms with Crippen molar-refractivity contribution in [3.05, 3.63) is 29.3 Å². The van der Waals surface area contributed by atoms with E-state index in [0.717, 1.165) is 12.3 Å². The lowest BCUT2D eigenvalue weighted by Crippen LogP contribution is -2.31. The third-order valence-corrected chi connectivity index (χ3v) is 3.97. The number of nitrogens with two attached hydrogens (primary N) is 1. The van der Waals surface area contributed by atoms with E-state index in [-0.39, 0.29) is 5.41 Å². The number of benzene rings is 1. The van der Waals surface area contributed by atoms with Crippen molar-refractivity contribution in [2.45, 2.75) is 38.0 Å². The third-order valence-electron chi connectivity index (χ3n) is 3.97. The van der Waals surface area contributed by atoms with Crippen molar-refractivity contribution in [3.8, 4) is 5.75 Å². The monoisotopic (exact) mass is 219 g/mol. The third kappa shape index (κ3) is 1.82. The second kappa shape index (κ2) is 4.46. The molecule has 0 amide bonds. The maximum absolute atomic E-state index is 5.99. The summed E-state index contributed by atoms with van der Waals surface area (Å²) in [7, 11) is 1.73. The normalized spacial score (nSPS) is 18.7. The minimum absolute atomic E-state index is 0.209. The maximum Gasteiger partial charge on any atom is 0.122 e. The van der Waals surface area contributed by atoms with Gasteiger partial charge in [-0.1, -0.05) is 25.0 Å². The lowest BCUT2D eigenvalue weighted by molar-refractivity contribution is 0.405. The van der Waals surface area contributed by atoms with E-state index in [0.29, 0.717) is 0 Å². The van der Waals surface area contributed by atoms with Gasteiger partial charge in [0.25, 0.3) is 0 Å². The predicted octanol–water partition coefficient (Wildman–Crippen LogP) is 2.77. The summed E-state index contributed by atoms with van der Waals surface area (Å²) in [5, 5.41) is 0. The van der Waals surface area contributed by atoms with Crippen molar-refractivity contribution >= 4 is 0 Å². The maximum atomic E-state index is 5.99.